The second kappa shape index (κ2) is 12.8. The van der Waals surface area contributed by atoms with E-state index in [1.54, 1.807) is 0 Å². The van der Waals surface area contributed by atoms with E-state index in [1.807, 2.05) is 32.9 Å². The summed E-state index contributed by atoms with van der Waals surface area (Å²) in [7, 11) is 0. The van der Waals surface area contributed by atoms with E-state index in [0.717, 1.165) is 0 Å². The third-order valence-corrected chi connectivity index (χ3v) is 1.84. The number of hydrogen-bond acceptors (Lipinski definition) is 0. The second-order valence-corrected chi connectivity index (χ2v) is 3.92. The summed E-state index contributed by atoms with van der Waals surface area (Å²) >= 11 is 0. The van der Waals surface area contributed by atoms with Crippen molar-refractivity contribution in [2.24, 2.45) is 0 Å². The average molecular weight is 232 g/mol. The smallest absolute Gasteiger partial charge is 0.0398 e. The van der Waals surface area contributed by atoms with Crippen LogP contribution in [0.25, 0.3) is 0 Å². The predicted octanol–water partition coefficient (Wildman–Crippen LogP) is 5.86. The first-order valence-corrected chi connectivity index (χ1v) is 6.35. The van der Waals surface area contributed by atoms with Crippen LogP contribution in [-0.4, -0.2) is 0 Å². The van der Waals surface area contributed by atoms with Crippen LogP contribution in [0, 0.1) is 13.8 Å². The summed E-state index contributed by atoms with van der Waals surface area (Å²) in [6.45, 7) is 14.4. The molecule has 0 N–H and O–H groups in total. The van der Waals surface area contributed by atoms with Crippen molar-refractivity contribution in [3.63, 3.8) is 0 Å². The molecule has 0 heterocycles. The summed E-state index contributed by atoms with van der Waals surface area (Å²) in [4.78, 5) is 0. The monoisotopic (exact) mass is 232 g/mol. The van der Waals surface area contributed by atoms with Crippen molar-refractivity contribution in [3.05, 3.63) is 59.2 Å². The van der Waals surface area contributed by atoms with Gasteiger partial charge in [-0.05, 0) is 34.6 Å². The van der Waals surface area contributed by atoms with E-state index in [9.17, 15) is 0 Å². The molecule has 1 rings (SSSR count). The lowest BCUT2D eigenvalue weighted by Crippen LogP contribution is -1.70. The molecule has 0 saturated carbocycles. The molecule has 1 aromatic carbocycles. The number of allylic oxidation sites excluding steroid dienone is 4. The molecular weight excluding hydrogens is 204 g/mol. The van der Waals surface area contributed by atoms with Crippen molar-refractivity contribution in [1.82, 2.24) is 0 Å². The maximum Gasteiger partial charge on any atom is -0.0398 e. The molecule has 0 saturated heterocycles. The van der Waals surface area contributed by atoms with E-state index in [2.05, 4.69) is 58.0 Å². The molecule has 0 aliphatic rings. The average Bonchev–Trinajstić information content (AvgIpc) is 2.34. The Labute approximate surface area is 108 Å². The Morgan fingerprint density at radius 2 is 1.24 bits per heavy atom. The molecule has 96 valence electrons. The fourth-order valence-electron chi connectivity index (χ4n) is 0.926. The van der Waals surface area contributed by atoms with E-state index in [0.29, 0.717) is 0 Å². The van der Waals surface area contributed by atoms with Crippen LogP contribution in [0.4, 0.5) is 0 Å². The Morgan fingerprint density at radius 3 is 1.41 bits per heavy atom. The zero-order valence-electron chi connectivity index (χ0n) is 12.5. The van der Waals surface area contributed by atoms with Crippen molar-refractivity contribution < 1.29 is 0 Å². The Hall–Kier alpha value is -1.30. The summed E-state index contributed by atoms with van der Waals surface area (Å²) in [5.74, 6) is 0. The topological polar surface area (TPSA) is 0 Å². The first-order chi connectivity index (χ1) is 8.06. The lowest BCUT2D eigenvalue weighted by atomic mass is 10.2. The first-order valence-electron chi connectivity index (χ1n) is 6.35. The molecule has 0 fully saturated rings. The Balaban J connectivity index is 0. The molecule has 0 atom stereocenters. The lowest BCUT2D eigenvalue weighted by Gasteiger charge is -1.90. The fraction of sp³-hybridized carbons (Fsp3) is 0.412. The predicted molar refractivity (Wildman–Crippen MR) is 81.5 cm³/mol. The minimum atomic E-state index is 1.33. The molecule has 0 spiro atoms. The number of aryl methyl sites for hydroxylation is 2. The van der Waals surface area contributed by atoms with Gasteiger partial charge in [0.05, 0.1) is 0 Å². The van der Waals surface area contributed by atoms with Gasteiger partial charge in [-0.2, -0.15) is 0 Å². The van der Waals surface area contributed by atoms with Gasteiger partial charge < -0.3 is 0 Å². The lowest BCUT2D eigenvalue weighted by molar-refractivity contribution is 1.39. The van der Waals surface area contributed by atoms with Crippen LogP contribution in [0.2, 0.25) is 0 Å². The Morgan fingerprint density at radius 1 is 0.882 bits per heavy atom. The van der Waals surface area contributed by atoms with Crippen LogP contribution >= 0.6 is 0 Å². The van der Waals surface area contributed by atoms with Crippen molar-refractivity contribution in [3.8, 4) is 0 Å². The highest BCUT2D eigenvalue weighted by molar-refractivity contribution is 5.19. The van der Waals surface area contributed by atoms with Gasteiger partial charge in [0.1, 0.15) is 0 Å². The van der Waals surface area contributed by atoms with Crippen LogP contribution in [0.1, 0.15) is 45.7 Å². The summed E-state index contributed by atoms with van der Waals surface area (Å²) in [6.07, 6.45) is 6.14. The van der Waals surface area contributed by atoms with Crippen molar-refractivity contribution >= 4 is 0 Å². The van der Waals surface area contributed by atoms with E-state index in [1.165, 1.54) is 16.7 Å². The maximum atomic E-state index is 2.12. The van der Waals surface area contributed by atoms with E-state index >= 15 is 0 Å². The molecule has 0 radical (unpaired) electrons. The molecule has 0 unspecified atom stereocenters. The molecule has 0 heteroatoms. The molecule has 17 heavy (non-hydrogen) atoms. The normalized spacial score (nSPS) is 8.65. The van der Waals surface area contributed by atoms with Gasteiger partial charge in [0.25, 0.3) is 0 Å². The number of rotatable bonds is 1. The largest absolute Gasteiger partial charge is 0.0877 e. The van der Waals surface area contributed by atoms with E-state index < -0.39 is 0 Å². The SMILES string of the molecule is C/C=C\C=C(C)C.CC.Cc1ccc(C)cc1. The van der Waals surface area contributed by atoms with Gasteiger partial charge >= 0.3 is 0 Å². The summed E-state index contributed by atoms with van der Waals surface area (Å²) in [6, 6.07) is 8.48. The third kappa shape index (κ3) is 14.7. The zero-order valence-corrected chi connectivity index (χ0v) is 12.5. The maximum absolute atomic E-state index is 2.12. The first kappa shape index (κ1) is 18.1. The fourth-order valence-corrected chi connectivity index (χ4v) is 0.926. The Kier molecular flexibility index (Phi) is 13.6. The van der Waals surface area contributed by atoms with Gasteiger partial charge in [-0.15, -0.1) is 0 Å². The molecule has 0 bridgehead atoms. The molecule has 1 aromatic rings. The summed E-state index contributed by atoms with van der Waals surface area (Å²) in [5.41, 5.74) is 4.00. The third-order valence-electron chi connectivity index (χ3n) is 1.84. The van der Waals surface area contributed by atoms with Crippen molar-refractivity contribution in [2.75, 3.05) is 0 Å². The summed E-state index contributed by atoms with van der Waals surface area (Å²) < 4.78 is 0. The van der Waals surface area contributed by atoms with Crippen LogP contribution in [0.5, 0.6) is 0 Å². The van der Waals surface area contributed by atoms with Crippen LogP contribution in [0.15, 0.2) is 48.1 Å². The number of benzene rings is 1. The van der Waals surface area contributed by atoms with Crippen LogP contribution < -0.4 is 0 Å². The Bertz CT molecular complexity index is 287. The molecule has 0 amide bonds. The minimum absolute atomic E-state index is 1.33. The highest BCUT2D eigenvalue weighted by Gasteiger charge is 1.79. The second-order valence-electron chi connectivity index (χ2n) is 3.92. The van der Waals surface area contributed by atoms with Crippen LogP contribution in [-0.2, 0) is 0 Å². The molecule has 0 nitrogen and oxygen atoms in total. The minimum Gasteiger partial charge on any atom is -0.0877 e. The molecule has 0 aliphatic carbocycles. The standard InChI is InChI=1S/C8H10.C7H12.C2H6/c1-7-3-5-8(2)6-4-7;1-4-5-6-7(2)3;1-2/h3-6H,1-2H3;4-6H,1-3H3;1-2H3/b;5-4-;. The highest BCUT2D eigenvalue weighted by Crippen LogP contribution is 1.99. The molecule has 0 aliphatic heterocycles. The zero-order chi connectivity index (χ0) is 13.7. The van der Waals surface area contributed by atoms with Gasteiger partial charge in [0, 0.05) is 0 Å². The van der Waals surface area contributed by atoms with E-state index in [-0.39, 0.29) is 0 Å². The summed E-state index contributed by atoms with van der Waals surface area (Å²) in [5, 5.41) is 0. The highest BCUT2D eigenvalue weighted by atomic mass is 13.9. The van der Waals surface area contributed by atoms with Gasteiger partial charge in [-0.3, -0.25) is 0 Å². The molecular formula is C17H28. The van der Waals surface area contributed by atoms with Crippen LogP contribution in [0.3, 0.4) is 0 Å². The van der Waals surface area contributed by atoms with Gasteiger partial charge in [0.15, 0.2) is 0 Å². The molecule has 0 aromatic heterocycles. The van der Waals surface area contributed by atoms with Gasteiger partial charge in [-0.25, -0.2) is 0 Å². The van der Waals surface area contributed by atoms with E-state index in [4.69, 9.17) is 0 Å². The van der Waals surface area contributed by atoms with Gasteiger partial charge in [-0.1, -0.05) is 73.0 Å². The van der Waals surface area contributed by atoms with Crippen molar-refractivity contribution in [2.45, 2.75) is 48.5 Å². The number of hydrogen-bond donors (Lipinski definition) is 0. The quantitative estimate of drug-likeness (QED) is 0.532. The van der Waals surface area contributed by atoms with Gasteiger partial charge in [0.2, 0.25) is 0 Å². The van der Waals surface area contributed by atoms with Crippen molar-refractivity contribution in [1.29, 1.82) is 0 Å².